The highest BCUT2D eigenvalue weighted by atomic mass is 16.5. The minimum Gasteiger partial charge on any atom is -0.493 e. The maximum absolute atomic E-state index is 12.5. The number of nitrogens with zero attached hydrogens (tertiary/aromatic N) is 1. The Hall–Kier alpha value is -1.39. The molecule has 0 aliphatic carbocycles. The molecule has 2 rings (SSSR count). The van der Waals surface area contributed by atoms with Crippen molar-refractivity contribution in [3.63, 3.8) is 0 Å². The number of piperazine rings is 1. The number of benzene rings is 1. The minimum absolute atomic E-state index is 0.208. The largest absolute Gasteiger partial charge is 0.493 e. The molecule has 0 bridgehead atoms. The molecule has 0 spiro atoms. The van der Waals surface area contributed by atoms with Gasteiger partial charge >= 0.3 is 0 Å². The number of carbonyl (C=O) groups is 1. The standard InChI is InChI=1S/C17H26N2O2/c1-4-9-21-17-11-13(2)15(10-14(17)3)16(20)12-19-7-5-18-6-8-19/h10-11,18H,4-9,12H2,1-3H3. The van der Waals surface area contributed by atoms with Crippen molar-refractivity contribution in [2.24, 2.45) is 0 Å². The molecule has 1 saturated heterocycles. The first-order chi connectivity index (χ1) is 10.1. The normalized spacial score (nSPS) is 16.0. The summed E-state index contributed by atoms with van der Waals surface area (Å²) in [6.45, 7) is 11.1. The Bertz CT molecular complexity index is 494. The van der Waals surface area contributed by atoms with Gasteiger partial charge in [0.05, 0.1) is 13.2 Å². The monoisotopic (exact) mass is 290 g/mol. The van der Waals surface area contributed by atoms with Gasteiger partial charge in [0.2, 0.25) is 0 Å². The zero-order chi connectivity index (χ0) is 15.2. The highest BCUT2D eigenvalue weighted by Crippen LogP contribution is 2.23. The summed E-state index contributed by atoms with van der Waals surface area (Å²) in [4.78, 5) is 14.7. The molecule has 1 aromatic carbocycles. The van der Waals surface area contributed by atoms with Crippen LogP contribution in [0, 0.1) is 13.8 Å². The Morgan fingerprint density at radius 3 is 2.62 bits per heavy atom. The molecule has 1 aromatic rings. The van der Waals surface area contributed by atoms with Gasteiger partial charge in [0.15, 0.2) is 5.78 Å². The van der Waals surface area contributed by atoms with Crippen molar-refractivity contribution in [1.82, 2.24) is 10.2 Å². The highest BCUT2D eigenvalue weighted by molar-refractivity contribution is 5.99. The molecule has 1 heterocycles. The first-order valence-electron chi connectivity index (χ1n) is 7.82. The average molecular weight is 290 g/mol. The third-order valence-electron chi connectivity index (χ3n) is 3.86. The zero-order valence-electron chi connectivity index (χ0n) is 13.4. The van der Waals surface area contributed by atoms with Gasteiger partial charge in [0, 0.05) is 31.7 Å². The predicted molar refractivity (Wildman–Crippen MR) is 85.3 cm³/mol. The Morgan fingerprint density at radius 2 is 1.95 bits per heavy atom. The van der Waals surface area contributed by atoms with Crippen LogP contribution in [0.4, 0.5) is 0 Å². The van der Waals surface area contributed by atoms with Crippen LogP contribution in [0.25, 0.3) is 0 Å². The number of rotatable bonds is 6. The molecule has 1 aliphatic rings. The minimum atomic E-state index is 0.208. The van der Waals surface area contributed by atoms with Gasteiger partial charge in [-0.15, -0.1) is 0 Å². The lowest BCUT2D eigenvalue weighted by Gasteiger charge is -2.26. The third kappa shape index (κ3) is 4.29. The molecule has 4 heteroatoms. The van der Waals surface area contributed by atoms with Gasteiger partial charge in [0.1, 0.15) is 5.75 Å². The van der Waals surface area contributed by atoms with Gasteiger partial charge in [-0.1, -0.05) is 6.92 Å². The fraction of sp³-hybridized carbons (Fsp3) is 0.588. The molecule has 116 valence electrons. The molecule has 0 saturated carbocycles. The van der Waals surface area contributed by atoms with E-state index in [9.17, 15) is 4.79 Å². The maximum atomic E-state index is 12.5. The number of ketones is 1. The number of aryl methyl sites for hydroxylation is 2. The van der Waals surface area contributed by atoms with Crippen LogP contribution >= 0.6 is 0 Å². The first-order valence-corrected chi connectivity index (χ1v) is 7.82. The molecule has 0 radical (unpaired) electrons. The van der Waals surface area contributed by atoms with Gasteiger partial charge in [-0.05, 0) is 43.5 Å². The summed E-state index contributed by atoms with van der Waals surface area (Å²) in [5.41, 5.74) is 2.87. The van der Waals surface area contributed by atoms with Crippen molar-refractivity contribution < 1.29 is 9.53 Å². The summed E-state index contributed by atoms with van der Waals surface area (Å²) in [6.07, 6.45) is 0.988. The third-order valence-corrected chi connectivity index (χ3v) is 3.86. The number of Topliss-reactive ketones (excluding diaryl/α,β-unsaturated/α-hetero) is 1. The lowest BCUT2D eigenvalue weighted by Crippen LogP contribution is -2.45. The van der Waals surface area contributed by atoms with Crippen molar-refractivity contribution in [2.75, 3.05) is 39.3 Å². The molecule has 1 N–H and O–H groups in total. The average Bonchev–Trinajstić information content (AvgIpc) is 2.48. The van der Waals surface area contributed by atoms with E-state index in [1.807, 2.05) is 26.0 Å². The summed E-state index contributed by atoms with van der Waals surface area (Å²) >= 11 is 0. The molecule has 0 unspecified atom stereocenters. The van der Waals surface area contributed by atoms with Gasteiger partial charge in [0.25, 0.3) is 0 Å². The molecule has 21 heavy (non-hydrogen) atoms. The maximum Gasteiger partial charge on any atom is 0.177 e. The molecule has 0 amide bonds. The van der Waals surface area contributed by atoms with E-state index in [2.05, 4.69) is 17.1 Å². The van der Waals surface area contributed by atoms with E-state index in [0.29, 0.717) is 13.2 Å². The molecule has 1 aliphatic heterocycles. The van der Waals surface area contributed by atoms with E-state index in [1.54, 1.807) is 0 Å². The second kappa shape index (κ2) is 7.57. The fourth-order valence-electron chi connectivity index (χ4n) is 2.62. The molecule has 1 fully saturated rings. The summed E-state index contributed by atoms with van der Waals surface area (Å²) in [6, 6.07) is 3.97. The van der Waals surface area contributed by atoms with Gasteiger partial charge < -0.3 is 10.1 Å². The van der Waals surface area contributed by atoms with E-state index in [1.165, 1.54) is 0 Å². The van der Waals surface area contributed by atoms with Gasteiger partial charge in [-0.2, -0.15) is 0 Å². The van der Waals surface area contributed by atoms with E-state index in [0.717, 1.165) is 55.0 Å². The predicted octanol–water partition coefficient (Wildman–Crippen LogP) is 2.18. The summed E-state index contributed by atoms with van der Waals surface area (Å²) in [5.74, 6) is 1.10. The molecule has 0 aromatic heterocycles. The van der Waals surface area contributed by atoms with E-state index in [4.69, 9.17) is 4.74 Å². The highest BCUT2D eigenvalue weighted by Gasteiger charge is 2.17. The number of carbonyl (C=O) groups excluding carboxylic acids is 1. The fourth-order valence-corrected chi connectivity index (χ4v) is 2.62. The van der Waals surface area contributed by atoms with Crippen LogP contribution in [-0.4, -0.2) is 50.0 Å². The summed E-state index contributed by atoms with van der Waals surface area (Å²) in [7, 11) is 0. The van der Waals surface area contributed by atoms with Crippen LogP contribution in [0.3, 0.4) is 0 Å². The topological polar surface area (TPSA) is 41.6 Å². The molecule has 4 nitrogen and oxygen atoms in total. The second-order valence-electron chi connectivity index (χ2n) is 5.73. The van der Waals surface area contributed by atoms with Crippen molar-refractivity contribution in [3.05, 3.63) is 28.8 Å². The van der Waals surface area contributed by atoms with Crippen molar-refractivity contribution in [2.45, 2.75) is 27.2 Å². The van der Waals surface area contributed by atoms with Crippen LogP contribution in [0.1, 0.15) is 34.8 Å². The van der Waals surface area contributed by atoms with Gasteiger partial charge in [-0.3, -0.25) is 9.69 Å². The van der Waals surface area contributed by atoms with E-state index >= 15 is 0 Å². The van der Waals surface area contributed by atoms with E-state index < -0.39 is 0 Å². The number of hydrogen-bond acceptors (Lipinski definition) is 4. The Labute approximate surface area is 127 Å². The van der Waals surface area contributed by atoms with Crippen LogP contribution in [-0.2, 0) is 0 Å². The number of nitrogens with one attached hydrogen (secondary N) is 1. The van der Waals surface area contributed by atoms with Gasteiger partial charge in [-0.25, -0.2) is 0 Å². The quantitative estimate of drug-likeness (QED) is 0.815. The smallest absolute Gasteiger partial charge is 0.177 e. The first kappa shape index (κ1) is 16.0. The van der Waals surface area contributed by atoms with E-state index in [-0.39, 0.29) is 5.78 Å². The number of hydrogen-bond donors (Lipinski definition) is 1. The van der Waals surface area contributed by atoms with Crippen molar-refractivity contribution >= 4 is 5.78 Å². The zero-order valence-corrected chi connectivity index (χ0v) is 13.4. The summed E-state index contributed by atoms with van der Waals surface area (Å²) in [5, 5.41) is 3.31. The lowest BCUT2D eigenvalue weighted by molar-refractivity contribution is 0.0921. The molecular formula is C17H26N2O2. The van der Waals surface area contributed by atoms with Crippen molar-refractivity contribution in [3.8, 4) is 5.75 Å². The molecular weight excluding hydrogens is 264 g/mol. The second-order valence-corrected chi connectivity index (χ2v) is 5.73. The number of ether oxygens (including phenoxy) is 1. The Balaban J connectivity index is 2.07. The van der Waals surface area contributed by atoms with Crippen LogP contribution in [0.2, 0.25) is 0 Å². The van der Waals surface area contributed by atoms with Crippen LogP contribution < -0.4 is 10.1 Å². The Kier molecular flexibility index (Phi) is 5.76. The SMILES string of the molecule is CCCOc1cc(C)c(C(=O)CN2CCNCC2)cc1C. The van der Waals surface area contributed by atoms with Crippen molar-refractivity contribution in [1.29, 1.82) is 0 Å². The Morgan fingerprint density at radius 1 is 1.24 bits per heavy atom. The summed E-state index contributed by atoms with van der Waals surface area (Å²) < 4.78 is 5.72. The lowest BCUT2D eigenvalue weighted by atomic mass is 10.0. The molecule has 0 atom stereocenters. The van der Waals surface area contributed by atoms with Crippen LogP contribution in [0.5, 0.6) is 5.75 Å². The van der Waals surface area contributed by atoms with Crippen LogP contribution in [0.15, 0.2) is 12.1 Å².